The highest BCUT2D eigenvalue weighted by Gasteiger charge is 2.21. The minimum absolute atomic E-state index is 0.101. The number of nitrogens with one attached hydrogen (secondary N) is 1. The average molecular weight is 284 g/mol. The fraction of sp³-hybridized carbons (Fsp3) is 0.412. The normalized spacial score (nSPS) is 17.5. The second-order valence-corrected chi connectivity index (χ2v) is 5.61. The van der Waals surface area contributed by atoms with Gasteiger partial charge in [0.1, 0.15) is 5.82 Å². The molecule has 1 aromatic carbocycles. The van der Waals surface area contributed by atoms with Gasteiger partial charge in [0.15, 0.2) is 0 Å². The lowest BCUT2D eigenvalue weighted by Gasteiger charge is -2.25. The van der Waals surface area contributed by atoms with Crippen LogP contribution in [0.2, 0.25) is 0 Å². The SMILES string of the molecule is COCc1cc(=O)[nH]c(CC2CCCc3ccccc32)n1. The summed E-state index contributed by atoms with van der Waals surface area (Å²) < 4.78 is 5.07. The first-order valence-corrected chi connectivity index (χ1v) is 7.42. The van der Waals surface area contributed by atoms with E-state index in [1.807, 2.05) is 0 Å². The zero-order chi connectivity index (χ0) is 14.7. The van der Waals surface area contributed by atoms with Crippen molar-refractivity contribution < 1.29 is 4.74 Å². The number of ether oxygens (including phenoxy) is 1. The van der Waals surface area contributed by atoms with Crippen molar-refractivity contribution in [3.8, 4) is 0 Å². The van der Waals surface area contributed by atoms with Crippen LogP contribution in [0.5, 0.6) is 0 Å². The average Bonchev–Trinajstić information content (AvgIpc) is 2.47. The summed E-state index contributed by atoms with van der Waals surface area (Å²) in [5.74, 6) is 1.20. The predicted octanol–water partition coefficient (Wildman–Crippen LogP) is 2.58. The summed E-state index contributed by atoms with van der Waals surface area (Å²) in [6.45, 7) is 0.373. The Morgan fingerprint density at radius 1 is 1.38 bits per heavy atom. The fourth-order valence-corrected chi connectivity index (χ4v) is 3.18. The van der Waals surface area contributed by atoms with Crippen LogP contribution < -0.4 is 5.56 Å². The van der Waals surface area contributed by atoms with E-state index in [0.717, 1.165) is 25.1 Å². The number of hydrogen-bond donors (Lipinski definition) is 1. The molecular weight excluding hydrogens is 264 g/mol. The lowest BCUT2D eigenvalue weighted by molar-refractivity contribution is 0.181. The molecule has 110 valence electrons. The smallest absolute Gasteiger partial charge is 0.251 e. The van der Waals surface area contributed by atoms with Crippen LogP contribution in [0.1, 0.15) is 41.4 Å². The van der Waals surface area contributed by atoms with Gasteiger partial charge in [-0.2, -0.15) is 0 Å². The van der Waals surface area contributed by atoms with Crippen LogP contribution in [0.25, 0.3) is 0 Å². The second-order valence-electron chi connectivity index (χ2n) is 5.61. The molecule has 0 spiro atoms. The van der Waals surface area contributed by atoms with E-state index < -0.39 is 0 Å². The van der Waals surface area contributed by atoms with E-state index in [-0.39, 0.29) is 5.56 Å². The molecule has 2 aromatic rings. The predicted molar refractivity (Wildman–Crippen MR) is 81.4 cm³/mol. The minimum atomic E-state index is -0.101. The molecular formula is C17H20N2O2. The Morgan fingerprint density at radius 3 is 3.10 bits per heavy atom. The van der Waals surface area contributed by atoms with Crippen molar-refractivity contribution in [1.29, 1.82) is 0 Å². The highest BCUT2D eigenvalue weighted by molar-refractivity contribution is 5.33. The molecule has 0 saturated heterocycles. The van der Waals surface area contributed by atoms with Crippen molar-refractivity contribution in [2.75, 3.05) is 7.11 Å². The Bertz CT molecular complexity index is 678. The van der Waals surface area contributed by atoms with E-state index >= 15 is 0 Å². The van der Waals surface area contributed by atoms with Gasteiger partial charge >= 0.3 is 0 Å². The number of rotatable bonds is 4. The maximum atomic E-state index is 11.7. The van der Waals surface area contributed by atoms with Gasteiger partial charge in [0.25, 0.3) is 5.56 Å². The first-order chi connectivity index (χ1) is 10.3. The molecule has 4 heteroatoms. The number of H-pyrrole nitrogens is 1. The van der Waals surface area contributed by atoms with Gasteiger partial charge in [-0.15, -0.1) is 0 Å². The standard InChI is InChI=1S/C17H20N2O2/c1-21-11-14-10-17(20)19-16(18-14)9-13-7-4-6-12-5-2-3-8-15(12)13/h2-3,5,8,10,13H,4,6-7,9,11H2,1H3,(H,18,19,20). The first-order valence-electron chi connectivity index (χ1n) is 7.42. The van der Waals surface area contributed by atoms with Crippen molar-refractivity contribution in [3.63, 3.8) is 0 Å². The van der Waals surface area contributed by atoms with Crippen molar-refractivity contribution in [1.82, 2.24) is 9.97 Å². The third-order valence-electron chi connectivity index (χ3n) is 4.07. The number of aromatic amines is 1. The van der Waals surface area contributed by atoms with Gasteiger partial charge in [-0.05, 0) is 36.3 Å². The first kappa shape index (κ1) is 14.0. The molecule has 0 bridgehead atoms. The molecule has 1 aromatic heterocycles. The molecule has 1 N–H and O–H groups in total. The fourth-order valence-electron chi connectivity index (χ4n) is 3.18. The molecule has 0 amide bonds. The van der Waals surface area contributed by atoms with Gasteiger partial charge in [-0.1, -0.05) is 24.3 Å². The van der Waals surface area contributed by atoms with E-state index in [0.29, 0.717) is 18.2 Å². The van der Waals surface area contributed by atoms with E-state index in [1.165, 1.54) is 23.6 Å². The maximum Gasteiger partial charge on any atom is 0.251 e. The third-order valence-corrected chi connectivity index (χ3v) is 4.07. The molecule has 0 aliphatic heterocycles. The summed E-state index contributed by atoms with van der Waals surface area (Å²) in [7, 11) is 1.61. The van der Waals surface area contributed by atoms with Crippen LogP contribution >= 0.6 is 0 Å². The minimum Gasteiger partial charge on any atom is -0.378 e. The Balaban J connectivity index is 1.86. The Hall–Kier alpha value is -1.94. The Morgan fingerprint density at radius 2 is 2.24 bits per heavy atom. The number of fused-ring (bicyclic) bond motifs is 1. The molecule has 0 radical (unpaired) electrons. The highest BCUT2D eigenvalue weighted by Crippen LogP contribution is 2.33. The molecule has 0 fully saturated rings. The molecule has 3 rings (SSSR count). The van der Waals surface area contributed by atoms with Crippen LogP contribution in [0.3, 0.4) is 0 Å². The van der Waals surface area contributed by atoms with Crippen molar-refractivity contribution in [2.45, 2.75) is 38.2 Å². The molecule has 1 aliphatic carbocycles. The molecule has 0 saturated carbocycles. The van der Waals surface area contributed by atoms with Crippen molar-refractivity contribution >= 4 is 0 Å². The van der Waals surface area contributed by atoms with E-state index in [4.69, 9.17) is 4.74 Å². The van der Waals surface area contributed by atoms with E-state index in [9.17, 15) is 4.79 Å². The summed E-state index contributed by atoms with van der Waals surface area (Å²) in [6, 6.07) is 10.1. The van der Waals surface area contributed by atoms with E-state index in [1.54, 1.807) is 7.11 Å². The summed E-state index contributed by atoms with van der Waals surface area (Å²) in [5, 5.41) is 0. The van der Waals surface area contributed by atoms with Gasteiger partial charge in [0.05, 0.1) is 12.3 Å². The molecule has 4 nitrogen and oxygen atoms in total. The lowest BCUT2D eigenvalue weighted by Crippen LogP contribution is -2.18. The third kappa shape index (κ3) is 3.22. The number of aromatic nitrogens is 2. The lowest BCUT2D eigenvalue weighted by atomic mass is 9.81. The zero-order valence-corrected chi connectivity index (χ0v) is 12.3. The quantitative estimate of drug-likeness (QED) is 0.939. The number of methoxy groups -OCH3 is 1. The van der Waals surface area contributed by atoms with Crippen molar-refractivity contribution in [3.05, 3.63) is 63.3 Å². The molecule has 1 atom stereocenters. The summed E-state index contributed by atoms with van der Waals surface area (Å²) in [4.78, 5) is 19.1. The molecule has 1 unspecified atom stereocenters. The highest BCUT2D eigenvalue weighted by atomic mass is 16.5. The number of benzene rings is 1. The van der Waals surface area contributed by atoms with Crippen LogP contribution in [-0.4, -0.2) is 17.1 Å². The molecule has 21 heavy (non-hydrogen) atoms. The largest absolute Gasteiger partial charge is 0.378 e. The summed E-state index contributed by atoms with van der Waals surface area (Å²) in [5.41, 5.74) is 3.43. The van der Waals surface area contributed by atoms with Gasteiger partial charge in [-0.25, -0.2) is 4.98 Å². The topological polar surface area (TPSA) is 55.0 Å². The number of hydrogen-bond acceptors (Lipinski definition) is 3. The Kier molecular flexibility index (Phi) is 4.15. The zero-order valence-electron chi connectivity index (χ0n) is 12.3. The van der Waals surface area contributed by atoms with Gasteiger partial charge in [0.2, 0.25) is 0 Å². The van der Waals surface area contributed by atoms with Crippen LogP contribution in [0, 0.1) is 0 Å². The summed E-state index contributed by atoms with van der Waals surface area (Å²) in [6.07, 6.45) is 4.28. The summed E-state index contributed by atoms with van der Waals surface area (Å²) >= 11 is 0. The number of nitrogens with zero attached hydrogens (tertiary/aromatic N) is 1. The van der Waals surface area contributed by atoms with Crippen LogP contribution in [0.4, 0.5) is 0 Å². The van der Waals surface area contributed by atoms with Crippen LogP contribution in [0.15, 0.2) is 35.1 Å². The van der Waals surface area contributed by atoms with Gasteiger partial charge in [-0.3, -0.25) is 4.79 Å². The monoisotopic (exact) mass is 284 g/mol. The van der Waals surface area contributed by atoms with Crippen LogP contribution in [-0.2, 0) is 24.2 Å². The maximum absolute atomic E-state index is 11.7. The number of aryl methyl sites for hydroxylation is 1. The molecule has 1 heterocycles. The Labute approximate surface area is 124 Å². The van der Waals surface area contributed by atoms with Crippen molar-refractivity contribution in [2.24, 2.45) is 0 Å². The van der Waals surface area contributed by atoms with Gasteiger partial charge < -0.3 is 9.72 Å². The van der Waals surface area contributed by atoms with Gasteiger partial charge in [0, 0.05) is 19.6 Å². The molecule has 1 aliphatic rings. The second kappa shape index (κ2) is 6.22. The van der Waals surface area contributed by atoms with E-state index in [2.05, 4.69) is 34.2 Å².